The van der Waals surface area contributed by atoms with Crippen LogP contribution in [0.2, 0.25) is 0 Å². The second-order valence-corrected chi connectivity index (χ2v) is 7.81. The predicted molar refractivity (Wildman–Crippen MR) is 94.1 cm³/mol. The van der Waals surface area contributed by atoms with Crippen molar-refractivity contribution in [3.05, 3.63) is 28.8 Å². The number of aryl methyl sites for hydroxylation is 3. The Morgan fingerprint density at radius 2 is 1.52 bits per heavy atom. The van der Waals surface area contributed by atoms with E-state index in [1.165, 1.54) is 54.5 Å². The predicted octanol–water partition coefficient (Wildman–Crippen LogP) is 6.02. The summed E-state index contributed by atoms with van der Waals surface area (Å²) >= 11 is 0. The Labute approximate surface area is 131 Å². The molecule has 0 aliphatic heterocycles. The maximum absolute atomic E-state index is 3.83. The van der Waals surface area contributed by atoms with Gasteiger partial charge in [-0.1, -0.05) is 44.9 Å². The maximum Gasteiger partial charge on any atom is 0.0401 e. The molecule has 1 fully saturated rings. The molecule has 1 aromatic carbocycles. The third-order valence-electron chi connectivity index (χ3n) is 5.77. The van der Waals surface area contributed by atoms with Crippen molar-refractivity contribution < 1.29 is 0 Å². The first-order valence-corrected chi connectivity index (χ1v) is 8.68. The van der Waals surface area contributed by atoms with Crippen molar-refractivity contribution in [2.24, 2.45) is 11.3 Å². The van der Waals surface area contributed by atoms with Crippen LogP contribution in [0, 0.1) is 32.1 Å². The van der Waals surface area contributed by atoms with E-state index in [9.17, 15) is 0 Å². The third-order valence-corrected chi connectivity index (χ3v) is 5.77. The highest BCUT2D eigenvalue weighted by molar-refractivity contribution is 5.58. The topological polar surface area (TPSA) is 12.0 Å². The lowest BCUT2D eigenvalue weighted by Gasteiger charge is -2.39. The van der Waals surface area contributed by atoms with Crippen molar-refractivity contribution in [2.45, 2.75) is 79.7 Å². The quantitative estimate of drug-likeness (QED) is 0.714. The van der Waals surface area contributed by atoms with E-state index in [1.807, 2.05) is 0 Å². The van der Waals surface area contributed by atoms with Gasteiger partial charge < -0.3 is 5.32 Å². The molecule has 118 valence electrons. The van der Waals surface area contributed by atoms with Crippen LogP contribution < -0.4 is 5.32 Å². The van der Waals surface area contributed by atoms with Gasteiger partial charge in [0.1, 0.15) is 0 Å². The van der Waals surface area contributed by atoms with E-state index in [-0.39, 0.29) is 0 Å². The molecule has 1 nitrogen and oxygen atoms in total. The van der Waals surface area contributed by atoms with Gasteiger partial charge in [0.2, 0.25) is 0 Å². The van der Waals surface area contributed by atoms with Crippen LogP contribution in [0.15, 0.2) is 12.1 Å². The molecule has 1 saturated carbocycles. The van der Waals surface area contributed by atoms with Gasteiger partial charge in [0.05, 0.1) is 0 Å². The van der Waals surface area contributed by atoms with Crippen molar-refractivity contribution in [3.63, 3.8) is 0 Å². The lowest BCUT2D eigenvalue weighted by molar-refractivity contribution is 0.147. The van der Waals surface area contributed by atoms with Gasteiger partial charge in [0.15, 0.2) is 0 Å². The summed E-state index contributed by atoms with van der Waals surface area (Å²) < 4.78 is 0. The van der Waals surface area contributed by atoms with E-state index in [0.29, 0.717) is 11.5 Å². The monoisotopic (exact) mass is 287 g/mol. The Morgan fingerprint density at radius 1 is 1.00 bits per heavy atom. The summed E-state index contributed by atoms with van der Waals surface area (Å²) in [4.78, 5) is 0. The van der Waals surface area contributed by atoms with Crippen LogP contribution in [0.25, 0.3) is 0 Å². The second-order valence-electron chi connectivity index (χ2n) is 7.81. The minimum absolute atomic E-state index is 0.515. The van der Waals surface area contributed by atoms with Crippen molar-refractivity contribution in [1.82, 2.24) is 0 Å². The zero-order valence-electron chi connectivity index (χ0n) is 14.8. The first-order valence-electron chi connectivity index (χ1n) is 8.68. The zero-order valence-corrected chi connectivity index (χ0v) is 14.8. The summed E-state index contributed by atoms with van der Waals surface area (Å²) in [6.45, 7) is 13.9. The average Bonchev–Trinajstić information content (AvgIpc) is 2.43. The Bertz CT molecular complexity index is 456. The van der Waals surface area contributed by atoms with Gasteiger partial charge in [-0.2, -0.15) is 0 Å². The Kier molecular flexibility index (Phi) is 5.01. The van der Waals surface area contributed by atoms with Gasteiger partial charge in [-0.25, -0.2) is 0 Å². The highest BCUT2D eigenvalue weighted by Crippen LogP contribution is 2.41. The number of benzene rings is 1. The zero-order chi connectivity index (χ0) is 15.6. The fourth-order valence-electron chi connectivity index (χ4n) is 3.92. The molecule has 0 heterocycles. The summed E-state index contributed by atoms with van der Waals surface area (Å²) in [6, 6.07) is 5.25. The van der Waals surface area contributed by atoms with Crippen molar-refractivity contribution in [2.75, 3.05) is 5.32 Å². The van der Waals surface area contributed by atoms with Crippen LogP contribution in [0.3, 0.4) is 0 Å². The van der Waals surface area contributed by atoms with Crippen molar-refractivity contribution >= 4 is 5.69 Å². The summed E-state index contributed by atoms with van der Waals surface area (Å²) in [5, 5.41) is 3.83. The minimum atomic E-state index is 0.515. The SMILES string of the molecule is CCC(C)(C)C1CCC(Nc2c(C)cc(C)cc2C)CC1. The number of nitrogens with one attached hydrogen (secondary N) is 1. The molecule has 1 aliphatic carbocycles. The average molecular weight is 287 g/mol. The fraction of sp³-hybridized carbons (Fsp3) is 0.700. The highest BCUT2D eigenvalue weighted by Gasteiger charge is 2.31. The first-order chi connectivity index (χ1) is 9.83. The maximum atomic E-state index is 3.83. The van der Waals surface area contributed by atoms with Gasteiger partial charge in [-0.05, 0) is 68.9 Å². The minimum Gasteiger partial charge on any atom is -0.382 e. The Morgan fingerprint density at radius 3 is 2.00 bits per heavy atom. The number of hydrogen-bond acceptors (Lipinski definition) is 1. The fourth-order valence-corrected chi connectivity index (χ4v) is 3.92. The molecule has 21 heavy (non-hydrogen) atoms. The molecule has 1 aliphatic rings. The molecule has 1 heteroatoms. The van der Waals surface area contributed by atoms with Gasteiger partial charge in [-0.15, -0.1) is 0 Å². The highest BCUT2D eigenvalue weighted by atomic mass is 14.9. The molecule has 0 atom stereocenters. The lowest BCUT2D eigenvalue weighted by atomic mass is 9.69. The molecule has 0 bridgehead atoms. The Balaban J connectivity index is 1.98. The van der Waals surface area contributed by atoms with Crippen LogP contribution in [0.5, 0.6) is 0 Å². The molecule has 0 radical (unpaired) electrons. The molecule has 0 saturated heterocycles. The van der Waals surface area contributed by atoms with Gasteiger partial charge in [0, 0.05) is 11.7 Å². The lowest BCUT2D eigenvalue weighted by Crippen LogP contribution is -2.33. The molecule has 1 aromatic rings. The smallest absolute Gasteiger partial charge is 0.0401 e. The number of hydrogen-bond donors (Lipinski definition) is 1. The standard InChI is InChI=1S/C20H33N/c1-7-20(5,6)17-8-10-18(11-9-17)21-19-15(3)12-14(2)13-16(19)4/h12-13,17-18,21H,7-11H2,1-6H3. The van der Waals surface area contributed by atoms with Crippen LogP contribution in [0.4, 0.5) is 5.69 Å². The number of anilines is 1. The summed E-state index contributed by atoms with van der Waals surface area (Å²) in [7, 11) is 0. The van der Waals surface area contributed by atoms with Gasteiger partial charge >= 0.3 is 0 Å². The van der Waals surface area contributed by atoms with Gasteiger partial charge in [-0.3, -0.25) is 0 Å². The summed E-state index contributed by atoms with van der Waals surface area (Å²) in [5.74, 6) is 0.903. The molecule has 0 amide bonds. The third kappa shape index (κ3) is 3.81. The van der Waals surface area contributed by atoms with Crippen LogP contribution in [-0.2, 0) is 0 Å². The molecule has 0 aromatic heterocycles. The van der Waals surface area contributed by atoms with E-state index >= 15 is 0 Å². The molecule has 2 rings (SSSR count). The molecule has 0 unspecified atom stereocenters. The summed E-state index contributed by atoms with van der Waals surface area (Å²) in [6.07, 6.45) is 6.69. The van der Waals surface area contributed by atoms with Crippen LogP contribution >= 0.6 is 0 Å². The Hall–Kier alpha value is -0.980. The molecule has 1 N–H and O–H groups in total. The van der Waals surface area contributed by atoms with Gasteiger partial charge in [0.25, 0.3) is 0 Å². The van der Waals surface area contributed by atoms with Crippen LogP contribution in [-0.4, -0.2) is 6.04 Å². The van der Waals surface area contributed by atoms with E-state index < -0.39 is 0 Å². The van der Waals surface area contributed by atoms with Crippen molar-refractivity contribution in [3.8, 4) is 0 Å². The van der Waals surface area contributed by atoms with Crippen LogP contribution in [0.1, 0.15) is 69.6 Å². The van der Waals surface area contributed by atoms with E-state index in [0.717, 1.165) is 5.92 Å². The van der Waals surface area contributed by atoms with Crippen molar-refractivity contribution in [1.29, 1.82) is 0 Å². The summed E-state index contributed by atoms with van der Waals surface area (Å²) in [5.41, 5.74) is 6.04. The van der Waals surface area contributed by atoms with E-state index in [2.05, 4.69) is 59.0 Å². The second kappa shape index (κ2) is 6.42. The first kappa shape index (κ1) is 16.4. The van der Waals surface area contributed by atoms with E-state index in [4.69, 9.17) is 0 Å². The molecule has 0 spiro atoms. The molecular formula is C20H33N. The normalized spacial score (nSPS) is 23.1. The number of rotatable bonds is 4. The van der Waals surface area contributed by atoms with E-state index in [1.54, 1.807) is 0 Å². The largest absolute Gasteiger partial charge is 0.382 e. The molecular weight excluding hydrogens is 254 g/mol.